The third kappa shape index (κ3) is 3.80. The molecule has 0 saturated heterocycles. The van der Waals surface area contributed by atoms with E-state index < -0.39 is 5.92 Å². The maximum Gasteiger partial charge on any atom is 0.336 e. The molecule has 5 heteroatoms. The molecule has 2 atom stereocenters. The van der Waals surface area contributed by atoms with Crippen molar-refractivity contribution >= 4 is 11.8 Å². The van der Waals surface area contributed by atoms with Gasteiger partial charge in [0.15, 0.2) is 5.78 Å². The van der Waals surface area contributed by atoms with Gasteiger partial charge in [-0.15, -0.1) is 0 Å². The highest BCUT2D eigenvalue weighted by Gasteiger charge is 2.41. The number of carbonyl (C=O) groups is 2. The van der Waals surface area contributed by atoms with Crippen LogP contribution >= 0.6 is 0 Å². The number of aromatic nitrogens is 1. The van der Waals surface area contributed by atoms with Gasteiger partial charge in [-0.1, -0.05) is 43.3 Å². The summed E-state index contributed by atoms with van der Waals surface area (Å²) in [6.07, 6.45) is 3.58. The number of nitrogens with zero attached hydrogens (tertiary/aromatic N) is 1. The number of nitrogens with one attached hydrogen (secondary N) is 1. The van der Waals surface area contributed by atoms with Gasteiger partial charge in [-0.05, 0) is 43.4 Å². The zero-order chi connectivity index (χ0) is 21.1. The highest BCUT2D eigenvalue weighted by molar-refractivity contribution is 6.04. The normalized spacial score (nSPS) is 21.2. The number of allylic oxidation sites excluding steroid dienone is 3. The van der Waals surface area contributed by atoms with E-state index in [4.69, 9.17) is 4.74 Å². The molecule has 0 spiro atoms. The zero-order valence-corrected chi connectivity index (χ0v) is 17.4. The second-order valence-electron chi connectivity index (χ2n) is 7.82. The molecule has 30 heavy (non-hydrogen) atoms. The summed E-state index contributed by atoms with van der Waals surface area (Å²) >= 11 is 0. The van der Waals surface area contributed by atoms with E-state index in [-0.39, 0.29) is 17.7 Å². The van der Waals surface area contributed by atoms with Crippen molar-refractivity contribution in [1.29, 1.82) is 0 Å². The van der Waals surface area contributed by atoms with E-state index >= 15 is 0 Å². The van der Waals surface area contributed by atoms with E-state index in [1.807, 2.05) is 50.2 Å². The minimum atomic E-state index is -0.504. The molecule has 0 saturated carbocycles. The first kappa shape index (κ1) is 20.1. The van der Waals surface area contributed by atoms with Gasteiger partial charge in [0.25, 0.3) is 0 Å². The van der Waals surface area contributed by atoms with Crippen LogP contribution in [0.25, 0.3) is 0 Å². The van der Waals surface area contributed by atoms with Crippen molar-refractivity contribution in [2.45, 2.75) is 44.9 Å². The van der Waals surface area contributed by atoms with Gasteiger partial charge in [-0.25, -0.2) is 4.79 Å². The summed E-state index contributed by atoms with van der Waals surface area (Å²) in [6, 6.07) is 15.7. The smallest absolute Gasteiger partial charge is 0.336 e. The van der Waals surface area contributed by atoms with Gasteiger partial charge in [-0.2, -0.15) is 0 Å². The molecular weight excluding hydrogens is 376 g/mol. The summed E-state index contributed by atoms with van der Waals surface area (Å²) in [4.78, 5) is 30.8. The Morgan fingerprint density at radius 3 is 2.60 bits per heavy atom. The highest BCUT2D eigenvalue weighted by Crippen LogP contribution is 2.45. The molecule has 1 aromatic heterocycles. The minimum absolute atomic E-state index is 0.0570. The Balaban J connectivity index is 1.76. The fraction of sp³-hybridized carbons (Fsp3) is 0.320. The van der Waals surface area contributed by atoms with Crippen LogP contribution in [-0.4, -0.2) is 23.3 Å². The van der Waals surface area contributed by atoms with Gasteiger partial charge in [0, 0.05) is 29.6 Å². The lowest BCUT2D eigenvalue weighted by atomic mass is 9.73. The predicted molar refractivity (Wildman–Crippen MR) is 115 cm³/mol. The fourth-order valence-corrected chi connectivity index (χ4v) is 4.39. The van der Waals surface area contributed by atoms with Crippen LogP contribution in [0.2, 0.25) is 0 Å². The van der Waals surface area contributed by atoms with Crippen molar-refractivity contribution in [2.75, 3.05) is 6.61 Å². The van der Waals surface area contributed by atoms with Crippen LogP contribution < -0.4 is 5.32 Å². The standard InChI is InChI=1S/C25H26N2O3/c1-3-13-30-25(29)22-16(2)27-20-14-18(17-9-5-4-6-10-17)15-21(28)23(20)24(22)19-11-7-8-12-26-19/h4-12,18,24,27H,3,13-15H2,1-2H3/t18-,24+/m1/s1. The Morgan fingerprint density at radius 2 is 1.90 bits per heavy atom. The van der Waals surface area contributed by atoms with Crippen LogP contribution in [0.1, 0.15) is 56.2 Å². The third-order valence-corrected chi connectivity index (χ3v) is 5.74. The van der Waals surface area contributed by atoms with Crippen LogP contribution in [0.3, 0.4) is 0 Å². The van der Waals surface area contributed by atoms with Gasteiger partial charge in [0.1, 0.15) is 0 Å². The Labute approximate surface area is 176 Å². The summed E-state index contributed by atoms with van der Waals surface area (Å²) in [5.41, 5.74) is 4.60. The third-order valence-electron chi connectivity index (χ3n) is 5.74. The monoisotopic (exact) mass is 402 g/mol. The molecule has 0 bridgehead atoms. The van der Waals surface area contributed by atoms with Crippen molar-refractivity contribution in [3.63, 3.8) is 0 Å². The molecule has 154 valence electrons. The molecule has 4 rings (SSSR count). The quantitative estimate of drug-likeness (QED) is 0.751. The van der Waals surface area contributed by atoms with Crippen molar-refractivity contribution < 1.29 is 14.3 Å². The van der Waals surface area contributed by atoms with Crippen LogP contribution in [0.15, 0.2) is 77.3 Å². The number of dihydropyridines is 1. The Bertz CT molecular complexity index is 1010. The molecule has 0 radical (unpaired) electrons. The van der Waals surface area contributed by atoms with Crippen molar-refractivity contribution in [3.8, 4) is 0 Å². The lowest BCUT2D eigenvalue weighted by molar-refractivity contribution is -0.139. The van der Waals surface area contributed by atoms with Crippen molar-refractivity contribution in [2.24, 2.45) is 0 Å². The van der Waals surface area contributed by atoms with Crippen LogP contribution in [0, 0.1) is 0 Å². The van der Waals surface area contributed by atoms with E-state index in [9.17, 15) is 9.59 Å². The molecule has 1 aliphatic carbocycles. The summed E-state index contributed by atoms with van der Waals surface area (Å²) in [5.74, 6) is -0.713. The number of esters is 1. The number of ether oxygens (including phenoxy) is 1. The molecular formula is C25H26N2O3. The maximum atomic E-state index is 13.4. The number of Topliss-reactive ketones (excluding diaryl/α,β-unsaturated/α-hetero) is 1. The number of ketones is 1. The largest absolute Gasteiger partial charge is 0.462 e. The molecule has 0 fully saturated rings. The van der Waals surface area contributed by atoms with Gasteiger partial charge < -0.3 is 10.1 Å². The lowest BCUT2D eigenvalue weighted by Crippen LogP contribution is -2.36. The first-order valence-electron chi connectivity index (χ1n) is 10.5. The average molecular weight is 402 g/mol. The molecule has 2 aliphatic rings. The Kier molecular flexibility index (Phi) is 5.79. The van der Waals surface area contributed by atoms with Crippen molar-refractivity contribution in [3.05, 3.63) is 88.5 Å². The zero-order valence-electron chi connectivity index (χ0n) is 17.4. The van der Waals surface area contributed by atoms with Crippen LogP contribution in [0.5, 0.6) is 0 Å². The molecule has 1 N–H and O–H groups in total. The lowest BCUT2D eigenvalue weighted by Gasteiger charge is -2.36. The molecule has 5 nitrogen and oxygen atoms in total. The minimum Gasteiger partial charge on any atom is -0.462 e. The van der Waals surface area contributed by atoms with Crippen LogP contribution in [-0.2, 0) is 14.3 Å². The Morgan fingerprint density at radius 1 is 1.13 bits per heavy atom. The van der Waals surface area contributed by atoms with E-state index in [0.29, 0.717) is 29.9 Å². The first-order valence-corrected chi connectivity index (χ1v) is 10.5. The molecule has 0 unspecified atom stereocenters. The highest BCUT2D eigenvalue weighted by atomic mass is 16.5. The summed E-state index contributed by atoms with van der Waals surface area (Å²) in [7, 11) is 0. The summed E-state index contributed by atoms with van der Waals surface area (Å²) in [6.45, 7) is 4.18. The first-order chi connectivity index (χ1) is 14.6. The van der Waals surface area contributed by atoms with Gasteiger partial charge in [-0.3, -0.25) is 9.78 Å². The summed E-state index contributed by atoms with van der Waals surface area (Å²) in [5, 5.41) is 3.37. The average Bonchev–Trinajstić information content (AvgIpc) is 2.77. The number of pyridine rings is 1. The van der Waals surface area contributed by atoms with Crippen LogP contribution in [0.4, 0.5) is 0 Å². The number of carbonyl (C=O) groups excluding carboxylic acids is 2. The molecule has 1 aliphatic heterocycles. The molecule has 0 amide bonds. The second kappa shape index (κ2) is 8.66. The van der Waals surface area contributed by atoms with E-state index in [1.54, 1.807) is 6.20 Å². The number of benzene rings is 1. The van der Waals surface area contributed by atoms with Crippen molar-refractivity contribution in [1.82, 2.24) is 10.3 Å². The molecule has 1 aromatic carbocycles. The number of hydrogen-bond acceptors (Lipinski definition) is 5. The maximum absolute atomic E-state index is 13.4. The number of hydrogen-bond donors (Lipinski definition) is 1. The topological polar surface area (TPSA) is 68.3 Å². The summed E-state index contributed by atoms with van der Waals surface area (Å²) < 4.78 is 5.46. The second-order valence-corrected chi connectivity index (χ2v) is 7.82. The van der Waals surface area contributed by atoms with E-state index in [2.05, 4.69) is 22.4 Å². The van der Waals surface area contributed by atoms with Gasteiger partial charge in [0.05, 0.1) is 23.8 Å². The van der Waals surface area contributed by atoms with Gasteiger partial charge in [0.2, 0.25) is 0 Å². The Hall–Kier alpha value is -3.21. The van der Waals surface area contributed by atoms with E-state index in [0.717, 1.165) is 29.8 Å². The molecule has 2 heterocycles. The molecule has 2 aromatic rings. The van der Waals surface area contributed by atoms with Gasteiger partial charge >= 0.3 is 5.97 Å². The fourth-order valence-electron chi connectivity index (χ4n) is 4.39. The SMILES string of the molecule is CCCOC(=O)C1=C(C)NC2=C(C(=O)C[C@H](c3ccccc3)C2)[C@H]1c1ccccn1. The number of rotatable bonds is 5. The van der Waals surface area contributed by atoms with E-state index in [1.165, 1.54) is 0 Å². The predicted octanol–water partition coefficient (Wildman–Crippen LogP) is 4.40.